The van der Waals surface area contributed by atoms with E-state index >= 15 is 0 Å². The number of carbonyl (C=O) groups is 1. The Morgan fingerprint density at radius 2 is 1.94 bits per heavy atom. The molecule has 0 bridgehead atoms. The first kappa shape index (κ1) is 13.5. The van der Waals surface area contributed by atoms with Crippen LogP contribution in [0.1, 0.15) is 52.4 Å². The predicted molar refractivity (Wildman–Crippen MR) is 63.2 cm³/mol. The third kappa shape index (κ3) is 6.11. The van der Waals surface area contributed by atoms with Gasteiger partial charge in [0.15, 0.2) is 0 Å². The first-order valence-corrected chi connectivity index (χ1v) is 6.45. The molecule has 0 spiro atoms. The predicted octanol–water partition coefficient (Wildman–Crippen LogP) is 2.93. The molecule has 0 aromatic carbocycles. The van der Waals surface area contributed by atoms with Crippen LogP contribution in [0.25, 0.3) is 0 Å². The van der Waals surface area contributed by atoms with E-state index in [9.17, 15) is 4.79 Å². The van der Waals surface area contributed by atoms with E-state index in [1.165, 1.54) is 19.3 Å². The van der Waals surface area contributed by atoms with Crippen LogP contribution >= 0.6 is 0 Å². The molecule has 3 heteroatoms. The summed E-state index contributed by atoms with van der Waals surface area (Å²) in [6.07, 6.45) is 6.32. The van der Waals surface area contributed by atoms with Gasteiger partial charge in [0.25, 0.3) is 0 Å². The van der Waals surface area contributed by atoms with Crippen molar-refractivity contribution in [1.29, 1.82) is 0 Å². The van der Waals surface area contributed by atoms with Crippen molar-refractivity contribution < 1.29 is 14.3 Å². The Labute approximate surface area is 98.5 Å². The molecule has 1 rings (SSSR count). The fourth-order valence-corrected chi connectivity index (χ4v) is 1.90. The molecule has 1 aliphatic rings. The minimum absolute atomic E-state index is 0.101. The van der Waals surface area contributed by atoms with Gasteiger partial charge in [-0.15, -0.1) is 0 Å². The minimum atomic E-state index is -0.101. The molecule has 0 N–H and O–H groups in total. The highest BCUT2D eigenvalue weighted by Gasteiger charge is 2.17. The third-order valence-corrected chi connectivity index (χ3v) is 2.75. The molecule has 0 saturated heterocycles. The van der Waals surface area contributed by atoms with Crippen molar-refractivity contribution in [3.05, 3.63) is 0 Å². The minimum Gasteiger partial charge on any atom is -0.462 e. The Balaban J connectivity index is 2.01. The highest BCUT2D eigenvalue weighted by molar-refractivity contribution is 5.69. The normalized spacial score (nSPS) is 17.7. The molecule has 0 aromatic heterocycles. The zero-order valence-electron chi connectivity index (χ0n) is 10.5. The molecule has 0 aliphatic heterocycles. The van der Waals surface area contributed by atoms with Crippen LogP contribution in [0.3, 0.4) is 0 Å². The van der Waals surface area contributed by atoms with Gasteiger partial charge in [0, 0.05) is 6.61 Å². The van der Waals surface area contributed by atoms with Crippen LogP contribution in [0.15, 0.2) is 0 Å². The molecule has 3 nitrogen and oxygen atoms in total. The fraction of sp³-hybridized carbons (Fsp3) is 0.923. The molecule has 1 saturated carbocycles. The summed E-state index contributed by atoms with van der Waals surface area (Å²) < 4.78 is 10.7. The van der Waals surface area contributed by atoms with Gasteiger partial charge in [-0.3, -0.25) is 4.79 Å². The van der Waals surface area contributed by atoms with E-state index in [1.807, 2.05) is 0 Å². The third-order valence-electron chi connectivity index (χ3n) is 2.75. The second kappa shape index (κ2) is 7.66. The maximum atomic E-state index is 11.5. The molecule has 1 fully saturated rings. The lowest BCUT2D eigenvalue weighted by Gasteiger charge is -2.21. The largest absolute Gasteiger partial charge is 0.462 e. The molecular formula is C13H24O3. The molecule has 0 heterocycles. The van der Waals surface area contributed by atoms with E-state index < -0.39 is 0 Å². The number of hydrogen-bond acceptors (Lipinski definition) is 3. The summed E-state index contributed by atoms with van der Waals surface area (Å²) in [4.78, 5) is 11.5. The van der Waals surface area contributed by atoms with E-state index in [-0.39, 0.29) is 12.1 Å². The molecular weight excluding hydrogens is 204 g/mol. The van der Waals surface area contributed by atoms with Gasteiger partial charge in [0.05, 0.1) is 13.0 Å². The van der Waals surface area contributed by atoms with Crippen molar-refractivity contribution in [2.24, 2.45) is 5.92 Å². The zero-order valence-corrected chi connectivity index (χ0v) is 10.5. The first-order chi connectivity index (χ1) is 7.68. The summed E-state index contributed by atoms with van der Waals surface area (Å²) in [5, 5.41) is 0. The van der Waals surface area contributed by atoms with Crippen LogP contribution in [-0.2, 0) is 14.3 Å². The molecule has 94 valence electrons. The molecule has 1 aliphatic carbocycles. The van der Waals surface area contributed by atoms with Crippen molar-refractivity contribution in [1.82, 2.24) is 0 Å². The molecule has 0 aromatic rings. The summed E-state index contributed by atoms with van der Waals surface area (Å²) in [7, 11) is 0. The van der Waals surface area contributed by atoms with E-state index in [0.717, 1.165) is 19.4 Å². The van der Waals surface area contributed by atoms with Gasteiger partial charge in [-0.05, 0) is 31.6 Å². The number of carbonyl (C=O) groups excluding carboxylic acids is 1. The maximum absolute atomic E-state index is 11.5. The molecule has 0 radical (unpaired) electrons. The summed E-state index contributed by atoms with van der Waals surface area (Å²) in [6, 6.07) is 0. The molecule has 16 heavy (non-hydrogen) atoms. The van der Waals surface area contributed by atoms with Crippen LogP contribution in [-0.4, -0.2) is 25.3 Å². The SMILES string of the molecule is CC(C)COCCC(=O)OC1CCCCC1. The van der Waals surface area contributed by atoms with E-state index in [0.29, 0.717) is 18.9 Å². The van der Waals surface area contributed by atoms with Gasteiger partial charge in [0.2, 0.25) is 0 Å². The van der Waals surface area contributed by atoms with Crippen LogP contribution in [0.2, 0.25) is 0 Å². The van der Waals surface area contributed by atoms with Crippen LogP contribution < -0.4 is 0 Å². The van der Waals surface area contributed by atoms with Crippen molar-refractivity contribution in [3.8, 4) is 0 Å². The second-order valence-corrected chi connectivity index (χ2v) is 4.97. The molecule has 0 atom stereocenters. The average molecular weight is 228 g/mol. The quantitative estimate of drug-likeness (QED) is 0.518. The Bertz CT molecular complexity index is 195. The number of hydrogen-bond donors (Lipinski definition) is 0. The van der Waals surface area contributed by atoms with Crippen LogP contribution in [0.5, 0.6) is 0 Å². The maximum Gasteiger partial charge on any atom is 0.308 e. The lowest BCUT2D eigenvalue weighted by molar-refractivity contribution is -0.151. The number of rotatable bonds is 6. The van der Waals surface area contributed by atoms with Gasteiger partial charge in [-0.25, -0.2) is 0 Å². The van der Waals surface area contributed by atoms with Crippen LogP contribution in [0, 0.1) is 5.92 Å². The zero-order chi connectivity index (χ0) is 11.8. The number of ether oxygens (including phenoxy) is 2. The fourth-order valence-electron chi connectivity index (χ4n) is 1.90. The van der Waals surface area contributed by atoms with Gasteiger partial charge < -0.3 is 9.47 Å². The topological polar surface area (TPSA) is 35.5 Å². The smallest absolute Gasteiger partial charge is 0.308 e. The van der Waals surface area contributed by atoms with E-state index in [4.69, 9.17) is 9.47 Å². The van der Waals surface area contributed by atoms with E-state index in [1.54, 1.807) is 0 Å². The second-order valence-electron chi connectivity index (χ2n) is 4.97. The summed E-state index contributed by atoms with van der Waals surface area (Å²) in [5.41, 5.74) is 0. The van der Waals surface area contributed by atoms with Gasteiger partial charge in [0.1, 0.15) is 6.10 Å². The lowest BCUT2D eigenvalue weighted by Crippen LogP contribution is -2.21. The summed E-state index contributed by atoms with van der Waals surface area (Å²) >= 11 is 0. The Kier molecular flexibility index (Phi) is 6.46. The average Bonchev–Trinajstić information content (AvgIpc) is 2.25. The summed E-state index contributed by atoms with van der Waals surface area (Å²) in [6.45, 7) is 5.40. The Hall–Kier alpha value is -0.570. The van der Waals surface area contributed by atoms with Gasteiger partial charge in [-0.2, -0.15) is 0 Å². The lowest BCUT2D eigenvalue weighted by atomic mass is 9.98. The standard InChI is InChI=1S/C13H24O3/c1-11(2)10-15-9-8-13(14)16-12-6-4-3-5-7-12/h11-12H,3-10H2,1-2H3. The van der Waals surface area contributed by atoms with Crippen molar-refractivity contribution in [2.45, 2.75) is 58.5 Å². The van der Waals surface area contributed by atoms with Gasteiger partial charge in [-0.1, -0.05) is 20.3 Å². The highest BCUT2D eigenvalue weighted by atomic mass is 16.5. The monoisotopic (exact) mass is 228 g/mol. The number of esters is 1. The van der Waals surface area contributed by atoms with Crippen molar-refractivity contribution >= 4 is 5.97 Å². The van der Waals surface area contributed by atoms with Gasteiger partial charge >= 0.3 is 5.97 Å². The Morgan fingerprint density at radius 1 is 1.25 bits per heavy atom. The first-order valence-electron chi connectivity index (χ1n) is 6.45. The van der Waals surface area contributed by atoms with E-state index in [2.05, 4.69) is 13.8 Å². The molecule has 0 amide bonds. The van der Waals surface area contributed by atoms with Crippen LogP contribution in [0.4, 0.5) is 0 Å². The Morgan fingerprint density at radius 3 is 2.56 bits per heavy atom. The molecule has 0 unspecified atom stereocenters. The van der Waals surface area contributed by atoms with Crippen molar-refractivity contribution in [2.75, 3.05) is 13.2 Å². The summed E-state index contributed by atoms with van der Waals surface area (Å²) in [5.74, 6) is 0.421. The highest BCUT2D eigenvalue weighted by Crippen LogP contribution is 2.20. The van der Waals surface area contributed by atoms with Crippen molar-refractivity contribution in [3.63, 3.8) is 0 Å².